The van der Waals surface area contributed by atoms with Crippen LogP contribution in [0.3, 0.4) is 0 Å². The summed E-state index contributed by atoms with van der Waals surface area (Å²) in [5, 5.41) is 4.23. The third-order valence-electron chi connectivity index (χ3n) is 6.43. The fourth-order valence-corrected chi connectivity index (χ4v) is 4.35. The third kappa shape index (κ3) is 4.88. The van der Waals surface area contributed by atoms with Gasteiger partial charge in [0.2, 0.25) is 5.91 Å². The summed E-state index contributed by atoms with van der Waals surface area (Å²) in [6.07, 6.45) is 10.1. The summed E-state index contributed by atoms with van der Waals surface area (Å²) in [7, 11) is 0. The molecular weight excluding hydrogens is 360 g/mol. The third-order valence-corrected chi connectivity index (χ3v) is 6.43. The number of anilines is 1. The topological polar surface area (TPSA) is 58.1 Å². The van der Waals surface area contributed by atoms with Crippen molar-refractivity contribution in [1.29, 1.82) is 0 Å². The molecular formula is C24H34N4O. The zero-order valence-electron chi connectivity index (χ0n) is 17.9. The Morgan fingerprint density at radius 1 is 1.14 bits per heavy atom. The highest BCUT2D eigenvalue weighted by Gasteiger charge is 2.30. The van der Waals surface area contributed by atoms with Gasteiger partial charge in [-0.3, -0.25) is 4.79 Å². The van der Waals surface area contributed by atoms with E-state index in [1.54, 1.807) is 0 Å². The Morgan fingerprint density at radius 3 is 2.62 bits per heavy atom. The largest absolute Gasteiger partial charge is 0.354 e. The number of rotatable bonds is 8. The monoisotopic (exact) mass is 394 g/mol. The lowest BCUT2D eigenvalue weighted by molar-refractivity contribution is -0.121. The minimum Gasteiger partial charge on any atom is -0.354 e. The number of hydrogen-bond acceptors (Lipinski definition) is 4. The zero-order valence-corrected chi connectivity index (χ0v) is 17.9. The van der Waals surface area contributed by atoms with E-state index in [0.29, 0.717) is 18.4 Å². The van der Waals surface area contributed by atoms with E-state index in [1.807, 2.05) is 0 Å². The van der Waals surface area contributed by atoms with E-state index >= 15 is 0 Å². The molecule has 1 amide bonds. The Labute approximate surface area is 174 Å². The molecule has 1 aromatic heterocycles. The van der Waals surface area contributed by atoms with Gasteiger partial charge in [0.25, 0.3) is 0 Å². The number of benzene rings is 1. The van der Waals surface area contributed by atoms with Gasteiger partial charge in [-0.1, -0.05) is 38.3 Å². The molecule has 0 saturated heterocycles. The van der Waals surface area contributed by atoms with E-state index in [1.165, 1.54) is 44.9 Å². The summed E-state index contributed by atoms with van der Waals surface area (Å²) in [5.74, 6) is 2.69. The second kappa shape index (κ2) is 9.10. The fourth-order valence-electron chi connectivity index (χ4n) is 4.35. The molecule has 0 aliphatic heterocycles. The van der Waals surface area contributed by atoms with E-state index in [4.69, 9.17) is 9.97 Å². The molecule has 29 heavy (non-hydrogen) atoms. The van der Waals surface area contributed by atoms with Crippen LogP contribution in [0.2, 0.25) is 0 Å². The summed E-state index contributed by atoms with van der Waals surface area (Å²) >= 11 is 0. The van der Waals surface area contributed by atoms with Crippen molar-refractivity contribution >= 4 is 22.6 Å². The molecule has 0 bridgehead atoms. The number of amides is 1. The fraction of sp³-hybridized carbons (Fsp3) is 0.625. The van der Waals surface area contributed by atoms with Crippen LogP contribution < -0.4 is 10.2 Å². The predicted octanol–water partition coefficient (Wildman–Crippen LogP) is 4.95. The molecule has 2 aliphatic rings. The number of fused-ring (bicyclic) bond motifs is 1. The van der Waals surface area contributed by atoms with E-state index in [2.05, 4.69) is 48.3 Å². The van der Waals surface area contributed by atoms with Gasteiger partial charge in [0.05, 0.1) is 5.52 Å². The molecule has 1 aromatic carbocycles. The average Bonchev–Trinajstić information content (AvgIpc) is 3.60. The molecule has 2 aliphatic carbocycles. The van der Waals surface area contributed by atoms with Gasteiger partial charge in [-0.05, 0) is 51.2 Å². The molecule has 0 unspecified atom stereocenters. The first-order valence-electron chi connectivity index (χ1n) is 11.5. The summed E-state index contributed by atoms with van der Waals surface area (Å²) < 4.78 is 0. The Bertz CT molecular complexity index is 842. The lowest BCUT2D eigenvalue weighted by Gasteiger charge is -2.36. The van der Waals surface area contributed by atoms with Gasteiger partial charge in [-0.2, -0.15) is 0 Å². The van der Waals surface area contributed by atoms with Gasteiger partial charge in [-0.15, -0.1) is 0 Å². The van der Waals surface area contributed by atoms with Crippen LogP contribution in [-0.4, -0.2) is 34.5 Å². The number of para-hydroxylation sites is 1. The van der Waals surface area contributed by atoms with E-state index in [-0.39, 0.29) is 11.9 Å². The van der Waals surface area contributed by atoms with Crippen LogP contribution in [0.1, 0.15) is 83.4 Å². The Balaban J connectivity index is 1.64. The lowest BCUT2D eigenvalue weighted by Crippen LogP contribution is -2.41. The van der Waals surface area contributed by atoms with E-state index in [9.17, 15) is 4.79 Å². The van der Waals surface area contributed by atoms with Gasteiger partial charge in [-0.25, -0.2) is 9.97 Å². The molecule has 1 N–H and O–H groups in total. The first-order chi connectivity index (χ1) is 14.2. The minimum atomic E-state index is 0.140. The Hall–Kier alpha value is -2.17. The van der Waals surface area contributed by atoms with Crippen molar-refractivity contribution in [3.8, 4) is 0 Å². The quantitative estimate of drug-likeness (QED) is 0.688. The molecule has 2 saturated carbocycles. The van der Waals surface area contributed by atoms with E-state index in [0.717, 1.165) is 35.5 Å². The lowest BCUT2D eigenvalue weighted by atomic mass is 9.93. The predicted molar refractivity (Wildman–Crippen MR) is 118 cm³/mol. The van der Waals surface area contributed by atoms with Crippen LogP contribution in [0, 0.1) is 0 Å². The van der Waals surface area contributed by atoms with Crippen LogP contribution in [-0.2, 0) is 4.79 Å². The molecule has 5 nitrogen and oxygen atoms in total. The standard InChI is InChI=1S/C24H34N4O/c1-3-17(2)25-22(29)15-16-28(19-9-5-4-6-10-19)24-20-11-7-8-12-21(20)26-23(27-24)18-13-14-18/h7-8,11-12,17-19H,3-6,9-10,13-16H2,1-2H3,(H,25,29)/t17-/m0/s1. The number of carbonyl (C=O) groups excluding carboxylic acids is 1. The first kappa shape index (κ1) is 20.1. The van der Waals surface area contributed by atoms with E-state index < -0.39 is 0 Å². The van der Waals surface area contributed by atoms with Gasteiger partial charge in [0.15, 0.2) is 0 Å². The maximum atomic E-state index is 12.5. The van der Waals surface area contributed by atoms with Crippen molar-refractivity contribution in [3.05, 3.63) is 30.1 Å². The Morgan fingerprint density at radius 2 is 1.90 bits per heavy atom. The van der Waals surface area contributed by atoms with Crippen LogP contribution in [0.4, 0.5) is 5.82 Å². The van der Waals surface area contributed by atoms with Crippen molar-refractivity contribution in [1.82, 2.24) is 15.3 Å². The van der Waals surface area contributed by atoms with Gasteiger partial charge in [0, 0.05) is 36.4 Å². The first-order valence-corrected chi connectivity index (χ1v) is 11.5. The van der Waals surface area contributed by atoms with Crippen molar-refractivity contribution < 1.29 is 4.79 Å². The van der Waals surface area contributed by atoms with Gasteiger partial charge >= 0.3 is 0 Å². The molecule has 1 heterocycles. The molecule has 2 aromatic rings. The molecule has 0 radical (unpaired) electrons. The number of nitrogens with one attached hydrogen (secondary N) is 1. The van der Waals surface area contributed by atoms with Gasteiger partial charge < -0.3 is 10.2 Å². The second-order valence-corrected chi connectivity index (χ2v) is 8.81. The smallest absolute Gasteiger partial charge is 0.221 e. The average molecular weight is 395 g/mol. The molecule has 2 fully saturated rings. The summed E-state index contributed by atoms with van der Waals surface area (Å²) in [6.45, 7) is 4.89. The highest BCUT2D eigenvalue weighted by atomic mass is 16.1. The summed E-state index contributed by atoms with van der Waals surface area (Å²) in [5.41, 5.74) is 1.03. The summed E-state index contributed by atoms with van der Waals surface area (Å²) in [6, 6.07) is 9.05. The van der Waals surface area contributed by atoms with Crippen molar-refractivity contribution in [2.45, 2.75) is 89.6 Å². The van der Waals surface area contributed by atoms with Crippen LogP contribution in [0.5, 0.6) is 0 Å². The number of hydrogen-bond donors (Lipinski definition) is 1. The number of aromatic nitrogens is 2. The number of carbonyl (C=O) groups is 1. The van der Waals surface area contributed by atoms with Gasteiger partial charge in [0.1, 0.15) is 11.6 Å². The maximum Gasteiger partial charge on any atom is 0.221 e. The molecule has 1 atom stereocenters. The summed E-state index contributed by atoms with van der Waals surface area (Å²) in [4.78, 5) is 24.9. The zero-order chi connectivity index (χ0) is 20.2. The normalized spacial score (nSPS) is 18.6. The maximum absolute atomic E-state index is 12.5. The molecule has 0 spiro atoms. The highest BCUT2D eigenvalue weighted by molar-refractivity contribution is 5.90. The number of nitrogens with zero attached hydrogens (tertiary/aromatic N) is 3. The second-order valence-electron chi connectivity index (χ2n) is 8.81. The molecule has 156 valence electrons. The Kier molecular flexibility index (Phi) is 6.31. The van der Waals surface area contributed by atoms with Crippen LogP contribution in [0.15, 0.2) is 24.3 Å². The molecule has 5 heteroatoms. The van der Waals surface area contributed by atoms with Crippen molar-refractivity contribution in [2.75, 3.05) is 11.4 Å². The van der Waals surface area contributed by atoms with Crippen molar-refractivity contribution in [3.63, 3.8) is 0 Å². The van der Waals surface area contributed by atoms with Crippen LogP contribution >= 0.6 is 0 Å². The minimum absolute atomic E-state index is 0.140. The SMILES string of the molecule is CC[C@H](C)NC(=O)CCN(c1nc(C2CC2)nc2ccccc12)C1CCCCC1. The highest BCUT2D eigenvalue weighted by Crippen LogP contribution is 2.40. The molecule has 4 rings (SSSR count). The van der Waals surface area contributed by atoms with Crippen molar-refractivity contribution in [2.24, 2.45) is 0 Å². The van der Waals surface area contributed by atoms with Crippen LogP contribution in [0.25, 0.3) is 10.9 Å².